The molecule has 0 amide bonds. The van der Waals surface area contributed by atoms with Crippen molar-refractivity contribution in [2.24, 2.45) is 5.73 Å². The van der Waals surface area contributed by atoms with Gasteiger partial charge in [-0.15, -0.1) is 0 Å². The van der Waals surface area contributed by atoms with E-state index in [-0.39, 0.29) is 5.56 Å². The van der Waals surface area contributed by atoms with Crippen molar-refractivity contribution in [3.63, 3.8) is 0 Å². The Morgan fingerprint density at radius 3 is 2.53 bits per heavy atom. The van der Waals surface area contributed by atoms with Crippen molar-refractivity contribution < 1.29 is 13.9 Å². The maximum absolute atomic E-state index is 13.1. The van der Waals surface area contributed by atoms with Crippen molar-refractivity contribution in [2.75, 3.05) is 6.61 Å². The van der Waals surface area contributed by atoms with E-state index >= 15 is 0 Å². The van der Waals surface area contributed by atoms with E-state index in [9.17, 15) is 8.78 Å². The van der Waals surface area contributed by atoms with Crippen LogP contribution >= 0.6 is 31.9 Å². The van der Waals surface area contributed by atoms with Crippen LogP contribution in [0.5, 0.6) is 0 Å². The van der Waals surface area contributed by atoms with Crippen LogP contribution in [0.25, 0.3) is 0 Å². The van der Waals surface area contributed by atoms with Crippen LogP contribution in [0.3, 0.4) is 0 Å². The molecule has 3 N–H and O–H groups in total. The summed E-state index contributed by atoms with van der Waals surface area (Å²) < 4.78 is 27.4. The number of nitrogens with two attached hydrogens (primary N) is 1. The van der Waals surface area contributed by atoms with E-state index in [1.54, 1.807) is 12.1 Å². The zero-order chi connectivity index (χ0) is 11.6. The molecule has 0 aliphatic rings. The largest absolute Gasteiger partial charge is 0.390 e. The maximum atomic E-state index is 13.1. The van der Waals surface area contributed by atoms with Crippen LogP contribution in [-0.4, -0.2) is 17.6 Å². The predicted molar refractivity (Wildman–Crippen MR) is 60.8 cm³/mol. The average molecular weight is 345 g/mol. The van der Waals surface area contributed by atoms with Crippen molar-refractivity contribution in [1.29, 1.82) is 0 Å². The van der Waals surface area contributed by atoms with Gasteiger partial charge in [0.15, 0.2) is 0 Å². The van der Waals surface area contributed by atoms with E-state index in [0.717, 1.165) is 0 Å². The van der Waals surface area contributed by atoms with E-state index in [1.165, 1.54) is 6.07 Å². The number of aliphatic hydroxyl groups is 1. The highest BCUT2D eigenvalue weighted by molar-refractivity contribution is 9.11. The molecule has 1 aromatic carbocycles. The Hall–Kier alpha value is -0.0400. The average Bonchev–Trinajstić information content (AvgIpc) is 2.20. The highest BCUT2D eigenvalue weighted by atomic mass is 79.9. The summed E-state index contributed by atoms with van der Waals surface area (Å²) in [7, 11) is 0. The summed E-state index contributed by atoms with van der Waals surface area (Å²) in [5.41, 5.74) is 5.65. The summed E-state index contributed by atoms with van der Waals surface area (Å²) in [5, 5.41) is 8.53. The molecule has 1 atom stereocenters. The van der Waals surface area contributed by atoms with Crippen LogP contribution in [0.15, 0.2) is 27.1 Å². The van der Waals surface area contributed by atoms with Crippen LogP contribution < -0.4 is 5.73 Å². The fourth-order valence-electron chi connectivity index (χ4n) is 1.08. The first kappa shape index (κ1) is 13.0. The predicted octanol–water partition coefficient (Wildman–Crippen LogP) is 2.84. The molecule has 0 saturated carbocycles. The highest BCUT2D eigenvalue weighted by Crippen LogP contribution is 2.34. The summed E-state index contributed by atoms with van der Waals surface area (Å²) in [5.74, 6) is -3.33. The molecule has 0 unspecified atom stereocenters. The van der Waals surface area contributed by atoms with Crippen molar-refractivity contribution in [3.05, 3.63) is 32.7 Å². The van der Waals surface area contributed by atoms with Gasteiger partial charge in [-0.25, -0.2) is 8.78 Å². The van der Waals surface area contributed by atoms with Gasteiger partial charge in [-0.05, 0) is 23.8 Å². The molecule has 15 heavy (non-hydrogen) atoms. The minimum atomic E-state index is -3.33. The Balaban J connectivity index is 3.10. The van der Waals surface area contributed by atoms with Gasteiger partial charge in [-0.1, -0.05) is 31.9 Å². The standard InChI is InChI=1S/C9H9Br2F2NO/c10-5-1-2-7(11)6(3-5)8(14)9(12,13)4-15/h1-3,8,15H,4,14H2/t8-/m1/s1. The Morgan fingerprint density at radius 1 is 1.40 bits per heavy atom. The van der Waals surface area contributed by atoms with Crippen LogP contribution in [0.1, 0.15) is 11.6 Å². The van der Waals surface area contributed by atoms with E-state index in [2.05, 4.69) is 31.9 Å². The van der Waals surface area contributed by atoms with Crippen molar-refractivity contribution in [2.45, 2.75) is 12.0 Å². The van der Waals surface area contributed by atoms with E-state index in [0.29, 0.717) is 8.95 Å². The molecule has 0 aliphatic carbocycles. The zero-order valence-electron chi connectivity index (χ0n) is 7.55. The third-order valence-corrected chi connectivity index (χ3v) is 3.17. The second-order valence-corrected chi connectivity index (χ2v) is 4.83. The van der Waals surface area contributed by atoms with Crippen LogP contribution in [0.2, 0.25) is 0 Å². The molecule has 0 saturated heterocycles. The summed E-state index contributed by atoms with van der Waals surface area (Å²) in [6.07, 6.45) is 0. The summed E-state index contributed by atoms with van der Waals surface area (Å²) in [6.45, 7) is -1.27. The zero-order valence-corrected chi connectivity index (χ0v) is 10.7. The molecule has 1 rings (SSSR count). The molecular weight excluding hydrogens is 336 g/mol. The van der Waals surface area contributed by atoms with Crippen LogP contribution in [-0.2, 0) is 0 Å². The SMILES string of the molecule is N[C@H](c1cc(Br)ccc1Br)C(F)(F)CO. The summed E-state index contributed by atoms with van der Waals surface area (Å²) >= 11 is 6.31. The molecule has 0 fully saturated rings. The third-order valence-electron chi connectivity index (χ3n) is 1.96. The Kier molecular flexibility index (Phi) is 4.22. The lowest BCUT2D eigenvalue weighted by Gasteiger charge is -2.22. The second kappa shape index (κ2) is 4.86. The maximum Gasteiger partial charge on any atom is 0.289 e. The molecule has 0 aromatic heterocycles. The Labute approximate surface area is 103 Å². The molecule has 0 spiro atoms. The third kappa shape index (κ3) is 2.96. The Bertz CT molecular complexity index is 360. The topological polar surface area (TPSA) is 46.2 Å². The van der Waals surface area contributed by atoms with Gasteiger partial charge >= 0.3 is 0 Å². The van der Waals surface area contributed by atoms with Gasteiger partial charge in [0.25, 0.3) is 5.92 Å². The number of halogens is 4. The first-order valence-electron chi connectivity index (χ1n) is 4.07. The number of aliphatic hydroxyl groups excluding tert-OH is 1. The molecule has 1 aromatic rings. The number of rotatable bonds is 3. The monoisotopic (exact) mass is 343 g/mol. The number of hydrogen-bond donors (Lipinski definition) is 2. The van der Waals surface area contributed by atoms with E-state index < -0.39 is 18.6 Å². The smallest absolute Gasteiger partial charge is 0.289 e. The molecule has 0 bridgehead atoms. The van der Waals surface area contributed by atoms with Crippen molar-refractivity contribution in [1.82, 2.24) is 0 Å². The molecule has 0 radical (unpaired) electrons. The minimum absolute atomic E-state index is 0.253. The van der Waals surface area contributed by atoms with Gasteiger partial charge in [0, 0.05) is 8.95 Å². The van der Waals surface area contributed by atoms with Crippen LogP contribution in [0, 0.1) is 0 Å². The van der Waals surface area contributed by atoms with Gasteiger partial charge in [0.2, 0.25) is 0 Å². The lowest BCUT2D eigenvalue weighted by atomic mass is 10.0. The lowest BCUT2D eigenvalue weighted by Crippen LogP contribution is -2.36. The molecule has 2 nitrogen and oxygen atoms in total. The normalized spacial score (nSPS) is 14.0. The summed E-state index contributed by atoms with van der Waals surface area (Å²) in [6, 6.07) is 3.29. The van der Waals surface area contributed by atoms with E-state index in [1.807, 2.05) is 0 Å². The fraction of sp³-hybridized carbons (Fsp3) is 0.333. The van der Waals surface area contributed by atoms with Gasteiger partial charge in [0.1, 0.15) is 6.61 Å². The van der Waals surface area contributed by atoms with Gasteiger partial charge in [-0.3, -0.25) is 0 Å². The quantitative estimate of drug-likeness (QED) is 0.885. The van der Waals surface area contributed by atoms with E-state index in [4.69, 9.17) is 10.8 Å². The molecule has 0 aliphatic heterocycles. The van der Waals surface area contributed by atoms with Gasteiger partial charge < -0.3 is 10.8 Å². The highest BCUT2D eigenvalue weighted by Gasteiger charge is 2.38. The van der Waals surface area contributed by atoms with Gasteiger partial charge in [-0.2, -0.15) is 0 Å². The second-order valence-electron chi connectivity index (χ2n) is 3.06. The Morgan fingerprint density at radius 2 is 2.00 bits per heavy atom. The number of alkyl halides is 2. The summed E-state index contributed by atoms with van der Waals surface area (Å²) in [4.78, 5) is 0. The van der Waals surface area contributed by atoms with Crippen LogP contribution in [0.4, 0.5) is 8.78 Å². The van der Waals surface area contributed by atoms with Gasteiger partial charge in [0.05, 0.1) is 6.04 Å². The fourth-order valence-corrected chi connectivity index (χ4v) is 1.95. The molecule has 84 valence electrons. The molecular formula is C9H9Br2F2NO. The van der Waals surface area contributed by atoms with Crippen molar-refractivity contribution >= 4 is 31.9 Å². The molecule has 0 heterocycles. The lowest BCUT2D eigenvalue weighted by molar-refractivity contribution is -0.0713. The number of hydrogen-bond acceptors (Lipinski definition) is 2. The molecule has 6 heteroatoms. The number of benzene rings is 1. The minimum Gasteiger partial charge on any atom is -0.390 e. The first-order chi connectivity index (χ1) is 6.88. The van der Waals surface area contributed by atoms with Crippen molar-refractivity contribution in [3.8, 4) is 0 Å². The first-order valence-corrected chi connectivity index (χ1v) is 5.66.